The van der Waals surface area contributed by atoms with Crippen LogP contribution in [0.15, 0.2) is 0 Å². The van der Waals surface area contributed by atoms with Crippen molar-refractivity contribution in [2.45, 2.75) is 83.5 Å². The van der Waals surface area contributed by atoms with Crippen molar-refractivity contribution >= 4 is 5.97 Å². The predicted octanol–water partition coefficient (Wildman–Crippen LogP) is 3.20. The summed E-state index contributed by atoms with van der Waals surface area (Å²) in [4.78, 5) is 11.6. The van der Waals surface area contributed by atoms with Crippen molar-refractivity contribution in [3.8, 4) is 0 Å². The number of likely N-dealkylation sites (N-methyl/N-ethyl adjacent to an activating group) is 1. The van der Waals surface area contributed by atoms with Gasteiger partial charge in [0.15, 0.2) is 0 Å². The predicted molar refractivity (Wildman–Crippen MR) is 83.4 cm³/mol. The highest BCUT2D eigenvalue weighted by molar-refractivity contribution is 5.79. The van der Waals surface area contributed by atoms with Crippen LogP contribution in [0, 0.1) is 11.3 Å². The van der Waals surface area contributed by atoms with Gasteiger partial charge in [-0.2, -0.15) is 0 Å². The van der Waals surface area contributed by atoms with Crippen LogP contribution in [0.3, 0.4) is 0 Å². The number of hydrogen-bond donors (Lipinski definition) is 2. The van der Waals surface area contributed by atoms with Gasteiger partial charge in [0.1, 0.15) is 5.54 Å². The molecule has 2 aliphatic rings. The Kier molecular flexibility index (Phi) is 4.99. The Balaban J connectivity index is 1.98. The Labute approximate surface area is 128 Å². The molecule has 2 N–H and O–H groups in total. The highest BCUT2D eigenvalue weighted by Crippen LogP contribution is 2.41. The van der Waals surface area contributed by atoms with Crippen LogP contribution in [0.4, 0.5) is 0 Å². The molecule has 2 aliphatic carbocycles. The Morgan fingerprint density at radius 1 is 1.24 bits per heavy atom. The van der Waals surface area contributed by atoms with E-state index in [1.165, 1.54) is 6.42 Å². The lowest BCUT2D eigenvalue weighted by molar-refractivity contribution is -0.151. The van der Waals surface area contributed by atoms with Crippen molar-refractivity contribution < 1.29 is 14.6 Å². The van der Waals surface area contributed by atoms with E-state index in [0.29, 0.717) is 24.2 Å². The molecule has 2 rings (SSSR count). The number of carboxylic acids is 1. The molecular weight excluding hydrogens is 266 g/mol. The molecule has 0 aromatic heterocycles. The zero-order valence-electron chi connectivity index (χ0n) is 13.9. The van der Waals surface area contributed by atoms with Crippen LogP contribution >= 0.6 is 0 Å². The molecule has 0 saturated heterocycles. The Morgan fingerprint density at radius 2 is 1.95 bits per heavy atom. The number of nitrogens with one attached hydrogen (secondary N) is 1. The molecule has 0 aromatic carbocycles. The summed E-state index contributed by atoms with van der Waals surface area (Å²) in [6.07, 6.45) is 7.02. The summed E-state index contributed by atoms with van der Waals surface area (Å²) in [5, 5.41) is 12.5. The average molecular weight is 297 g/mol. The molecular formula is C17H31NO3. The second-order valence-electron chi connectivity index (χ2n) is 8.03. The summed E-state index contributed by atoms with van der Waals surface area (Å²) in [5.41, 5.74) is -0.456. The van der Waals surface area contributed by atoms with Crippen molar-refractivity contribution in [2.75, 3.05) is 7.05 Å². The van der Waals surface area contributed by atoms with Crippen molar-refractivity contribution in [3.05, 3.63) is 0 Å². The van der Waals surface area contributed by atoms with Gasteiger partial charge >= 0.3 is 5.97 Å². The van der Waals surface area contributed by atoms with E-state index >= 15 is 0 Å². The molecule has 4 nitrogen and oxygen atoms in total. The van der Waals surface area contributed by atoms with E-state index in [1.54, 1.807) is 7.05 Å². The maximum absolute atomic E-state index is 11.6. The molecule has 0 aliphatic heterocycles. The van der Waals surface area contributed by atoms with Gasteiger partial charge in [0.05, 0.1) is 12.2 Å². The van der Waals surface area contributed by atoms with Crippen LogP contribution in [0.1, 0.15) is 65.7 Å². The topological polar surface area (TPSA) is 58.6 Å². The Morgan fingerprint density at radius 3 is 2.52 bits per heavy atom. The molecule has 0 radical (unpaired) electrons. The van der Waals surface area contributed by atoms with E-state index in [0.717, 1.165) is 25.7 Å². The lowest BCUT2D eigenvalue weighted by Gasteiger charge is -2.43. The van der Waals surface area contributed by atoms with Gasteiger partial charge in [-0.25, -0.2) is 0 Å². The number of carbonyl (C=O) groups is 1. The Hall–Kier alpha value is -0.610. The average Bonchev–Trinajstić information content (AvgIpc) is 2.36. The highest BCUT2D eigenvalue weighted by atomic mass is 16.5. The molecule has 0 amide bonds. The summed E-state index contributed by atoms with van der Waals surface area (Å²) in [7, 11) is 1.75. The van der Waals surface area contributed by atoms with E-state index in [4.69, 9.17) is 4.74 Å². The van der Waals surface area contributed by atoms with Gasteiger partial charge in [0, 0.05) is 6.42 Å². The molecule has 2 saturated carbocycles. The molecule has 0 spiro atoms. The lowest BCUT2D eigenvalue weighted by Crippen LogP contribution is -2.55. The fraction of sp³-hybridized carbons (Fsp3) is 0.941. The quantitative estimate of drug-likeness (QED) is 0.836. The van der Waals surface area contributed by atoms with Crippen molar-refractivity contribution in [3.63, 3.8) is 0 Å². The van der Waals surface area contributed by atoms with Crippen LogP contribution < -0.4 is 5.32 Å². The largest absolute Gasteiger partial charge is 0.480 e. The summed E-state index contributed by atoms with van der Waals surface area (Å²) in [6, 6.07) is 0. The first-order chi connectivity index (χ1) is 9.76. The maximum atomic E-state index is 11.6. The van der Waals surface area contributed by atoms with Crippen LogP contribution in [0.2, 0.25) is 0 Å². The third-order valence-corrected chi connectivity index (χ3v) is 5.33. The third-order valence-electron chi connectivity index (χ3n) is 5.33. The minimum atomic E-state index is -0.793. The van der Waals surface area contributed by atoms with E-state index in [-0.39, 0.29) is 12.2 Å². The smallest absolute Gasteiger partial charge is 0.323 e. The highest BCUT2D eigenvalue weighted by Gasteiger charge is 2.43. The molecule has 4 atom stereocenters. The minimum Gasteiger partial charge on any atom is -0.480 e. The molecule has 0 aromatic rings. The SMILES string of the molecule is CNC1(C(=O)O)CCCC(OC2CC(C)CC(C)(C)C2)C1. The molecule has 0 bridgehead atoms. The molecule has 21 heavy (non-hydrogen) atoms. The monoisotopic (exact) mass is 297 g/mol. The van der Waals surface area contributed by atoms with E-state index < -0.39 is 11.5 Å². The van der Waals surface area contributed by atoms with E-state index in [1.807, 2.05) is 0 Å². The second kappa shape index (κ2) is 6.25. The summed E-state index contributed by atoms with van der Waals surface area (Å²) < 4.78 is 6.34. The second-order valence-corrected chi connectivity index (χ2v) is 8.03. The molecule has 2 fully saturated rings. The van der Waals surface area contributed by atoms with Crippen LogP contribution in [0.5, 0.6) is 0 Å². The standard InChI is InChI=1S/C17H31NO3/c1-12-8-14(10-16(2,3)9-12)21-13-6-5-7-17(11-13,18-4)15(19)20/h12-14,18H,5-11H2,1-4H3,(H,19,20). The van der Waals surface area contributed by atoms with Crippen molar-refractivity contribution in [2.24, 2.45) is 11.3 Å². The van der Waals surface area contributed by atoms with Crippen LogP contribution in [0.25, 0.3) is 0 Å². The van der Waals surface area contributed by atoms with Crippen LogP contribution in [-0.4, -0.2) is 35.9 Å². The summed E-state index contributed by atoms with van der Waals surface area (Å²) in [6.45, 7) is 6.93. The summed E-state index contributed by atoms with van der Waals surface area (Å²) in [5.74, 6) is -0.0495. The zero-order chi connectivity index (χ0) is 15.7. The minimum absolute atomic E-state index is 0.0772. The first kappa shape index (κ1) is 16.8. The lowest BCUT2D eigenvalue weighted by atomic mass is 9.71. The van der Waals surface area contributed by atoms with Crippen molar-refractivity contribution in [1.82, 2.24) is 5.32 Å². The number of hydrogen-bond acceptors (Lipinski definition) is 3. The molecule has 0 heterocycles. The molecule has 4 unspecified atom stereocenters. The first-order valence-electron chi connectivity index (χ1n) is 8.34. The van der Waals surface area contributed by atoms with E-state index in [9.17, 15) is 9.90 Å². The maximum Gasteiger partial charge on any atom is 0.323 e. The summed E-state index contributed by atoms with van der Waals surface area (Å²) >= 11 is 0. The van der Waals surface area contributed by atoms with E-state index in [2.05, 4.69) is 26.1 Å². The van der Waals surface area contributed by atoms with Gasteiger partial charge in [-0.15, -0.1) is 0 Å². The normalized spacial score (nSPS) is 39.9. The van der Waals surface area contributed by atoms with Gasteiger partial charge in [-0.3, -0.25) is 4.79 Å². The Bertz CT molecular complexity index is 382. The number of ether oxygens (including phenoxy) is 1. The van der Waals surface area contributed by atoms with Gasteiger partial charge in [-0.1, -0.05) is 20.8 Å². The first-order valence-corrected chi connectivity index (χ1v) is 8.34. The van der Waals surface area contributed by atoms with Gasteiger partial charge in [0.2, 0.25) is 0 Å². The third kappa shape index (κ3) is 3.98. The fourth-order valence-electron chi connectivity index (χ4n) is 4.50. The number of carboxylic acid groups (broad SMARTS) is 1. The van der Waals surface area contributed by atoms with Gasteiger partial charge in [0.25, 0.3) is 0 Å². The van der Waals surface area contributed by atoms with Gasteiger partial charge < -0.3 is 15.2 Å². The van der Waals surface area contributed by atoms with Crippen molar-refractivity contribution in [1.29, 1.82) is 0 Å². The van der Waals surface area contributed by atoms with Gasteiger partial charge in [-0.05, 0) is 56.9 Å². The molecule has 122 valence electrons. The van der Waals surface area contributed by atoms with Crippen LogP contribution in [-0.2, 0) is 9.53 Å². The zero-order valence-corrected chi connectivity index (χ0v) is 13.9. The number of aliphatic carboxylic acids is 1. The fourth-order valence-corrected chi connectivity index (χ4v) is 4.50. The molecule has 4 heteroatoms. The number of rotatable bonds is 4.